The fourth-order valence-corrected chi connectivity index (χ4v) is 2.24. The predicted molar refractivity (Wildman–Crippen MR) is 73.1 cm³/mol. The molecule has 5 heteroatoms. The van der Waals surface area contributed by atoms with Crippen LogP contribution in [0.4, 0.5) is 15.8 Å². The second kappa shape index (κ2) is 4.61. The van der Waals surface area contributed by atoms with Gasteiger partial charge in [-0.1, -0.05) is 0 Å². The monoisotopic (exact) mass is 271 g/mol. The smallest absolute Gasteiger partial charge is 0.259 e. The fraction of sp³-hybridized carbons (Fsp3) is 0.0667. The lowest BCUT2D eigenvalue weighted by Crippen LogP contribution is -2.28. The molecule has 0 saturated carbocycles. The van der Waals surface area contributed by atoms with Crippen molar-refractivity contribution in [1.82, 2.24) is 0 Å². The number of fused-ring (bicyclic) bond motifs is 1. The summed E-state index contributed by atoms with van der Waals surface area (Å²) in [7, 11) is 1.55. The second-order valence-electron chi connectivity index (χ2n) is 4.41. The van der Waals surface area contributed by atoms with Crippen LogP contribution in [0.25, 0.3) is 0 Å². The molecule has 0 saturated heterocycles. The van der Waals surface area contributed by atoms with Crippen LogP contribution in [-0.2, 0) is 4.79 Å². The van der Waals surface area contributed by atoms with E-state index < -0.39 is 0 Å². The number of amides is 1. The minimum Gasteiger partial charge on any atom is -0.497 e. The van der Waals surface area contributed by atoms with E-state index in [2.05, 4.69) is 0 Å². The summed E-state index contributed by atoms with van der Waals surface area (Å²) in [5, 5.41) is 0. The Morgan fingerprint density at radius 3 is 2.50 bits per heavy atom. The first-order valence-corrected chi connectivity index (χ1v) is 6.02. The molecule has 0 fully saturated rings. The number of ether oxygens (including phenoxy) is 1. The van der Waals surface area contributed by atoms with E-state index in [0.717, 1.165) is 0 Å². The number of nitrogens with zero attached hydrogens (tertiary/aromatic N) is 1. The molecule has 1 amide bonds. The molecule has 0 spiro atoms. The number of carbonyl (C=O) groups is 1. The van der Waals surface area contributed by atoms with Gasteiger partial charge in [-0.2, -0.15) is 0 Å². The third-order valence-corrected chi connectivity index (χ3v) is 3.25. The summed E-state index contributed by atoms with van der Waals surface area (Å²) in [5.74, 6) is -0.0485. The van der Waals surface area contributed by atoms with E-state index in [0.29, 0.717) is 22.7 Å². The van der Waals surface area contributed by atoms with Crippen LogP contribution in [0, 0.1) is 11.9 Å². The standard InChI is InChI=1S/C15H12FN2O2/c1-20-11-6-7-13-12(8-11)14(17)15(19)18(13)10-4-2-9(16)3-5-10/h2-8H,17H2,1H3. The van der Waals surface area contributed by atoms with Crippen molar-refractivity contribution in [3.63, 3.8) is 0 Å². The molecule has 3 rings (SSSR count). The molecule has 0 aliphatic carbocycles. The summed E-state index contributed by atoms with van der Waals surface area (Å²) in [5.41, 5.74) is 7.73. The Kier molecular flexibility index (Phi) is 2.91. The fourth-order valence-electron chi connectivity index (χ4n) is 2.24. The minimum atomic E-state index is -0.354. The van der Waals surface area contributed by atoms with Crippen molar-refractivity contribution >= 4 is 17.3 Å². The summed E-state index contributed by atoms with van der Waals surface area (Å²) in [6.45, 7) is 0. The summed E-state index contributed by atoms with van der Waals surface area (Å²) >= 11 is 0. The first kappa shape index (κ1) is 12.6. The minimum absolute atomic E-state index is 0.156. The normalized spacial score (nSPS) is 14.6. The number of halogens is 1. The van der Waals surface area contributed by atoms with Crippen molar-refractivity contribution < 1.29 is 13.9 Å². The average molecular weight is 271 g/mol. The highest BCUT2D eigenvalue weighted by atomic mass is 19.1. The Labute approximate surface area is 115 Å². The molecule has 0 atom stereocenters. The lowest BCUT2D eigenvalue weighted by Gasteiger charge is -2.17. The summed E-state index contributed by atoms with van der Waals surface area (Å²) in [4.78, 5) is 13.7. The number of benzene rings is 2. The Morgan fingerprint density at radius 2 is 1.85 bits per heavy atom. The Morgan fingerprint density at radius 1 is 1.15 bits per heavy atom. The maximum atomic E-state index is 13.0. The molecule has 2 aromatic carbocycles. The van der Waals surface area contributed by atoms with Crippen LogP contribution in [0.1, 0.15) is 5.56 Å². The first-order valence-electron chi connectivity index (χ1n) is 6.02. The van der Waals surface area contributed by atoms with Crippen LogP contribution >= 0.6 is 0 Å². The molecule has 0 unspecified atom stereocenters. The van der Waals surface area contributed by atoms with E-state index in [1.54, 1.807) is 37.4 Å². The molecular formula is C15H12FN2O2. The molecule has 4 nitrogen and oxygen atoms in total. The third kappa shape index (κ3) is 1.83. The van der Waals surface area contributed by atoms with Crippen molar-refractivity contribution in [2.45, 2.75) is 0 Å². The molecule has 1 radical (unpaired) electrons. The summed E-state index contributed by atoms with van der Waals surface area (Å²) in [6, 6.07) is 11.1. The van der Waals surface area contributed by atoms with Gasteiger partial charge in [0.15, 0.2) is 6.04 Å². The molecule has 2 aromatic rings. The lowest BCUT2D eigenvalue weighted by molar-refractivity contribution is -0.115. The zero-order valence-corrected chi connectivity index (χ0v) is 10.8. The van der Waals surface area contributed by atoms with Crippen molar-refractivity contribution in [2.75, 3.05) is 12.0 Å². The molecular weight excluding hydrogens is 259 g/mol. The SMILES string of the molecule is COc1ccc2c(c1)[C](N)C(=O)N2c1ccc(F)cc1. The van der Waals surface area contributed by atoms with E-state index in [9.17, 15) is 9.18 Å². The number of anilines is 2. The van der Waals surface area contributed by atoms with Gasteiger partial charge in [-0.15, -0.1) is 0 Å². The third-order valence-electron chi connectivity index (χ3n) is 3.25. The number of carbonyl (C=O) groups excluding carboxylic acids is 1. The van der Waals surface area contributed by atoms with E-state index >= 15 is 0 Å². The van der Waals surface area contributed by atoms with Gasteiger partial charge in [0.2, 0.25) is 0 Å². The van der Waals surface area contributed by atoms with Crippen LogP contribution in [-0.4, -0.2) is 13.0 Å². The van der Waals surface area contributed by atoms with Crippen LogP contribution in [0.3, 0.4) is 0 Å². The number of methoxy groups -OCH3 is 1. The first-order chi connectivity index (χ1) is 9.61. The summed E-state index contributed by atoms with van der Waals surface area (Å²) < 4.78 is 18.1. The highest BCUT2D eigenvalue weighted by Gasteiger charge is 2.37. The molecule has 0 aromatic heterocycles. The number of hydrogen-bond acceptors (Lipinski definition) is 3. The Hall–Kier alpha value is -2.40. The highest BCUT2D eigenvalue weighted by molar-refractivity contribution is 6.16. The number of nitrogens with two attached hydrogens (primary N) is 1. The Balaban J connectivity index is 2.10. The molecule has 1 heterocycles. The van der Waals surface area contributed by atoms with E-state index in [1.807, 2.05) is 0 Å². The van der Waals surface area contributed by atoms with Crippen LogP contribution < -0.4 is 15.4 Å². The van der Waals surface area contributed by atoms with Gasteiger partial charge in [0, 0.05) is 11.3 Å². The maximum Gasteiger partial charge on any atom is 0.259 e. The average Bonchev–Trinajstić information content (AvgIpc) is 2.72. The van der Waals surface area contributed by atoms with Gasteiger partial charge in [-0.25, -0.2) is 4.39 Å². The zero-order valence-electron chi connectivity index (χ0n) is 10.8. The number of hydrogen-bond donors (Lipinski definition) is 1. The molecule has 1 aliphatic heterocycles. The molecule has 0 bridgehead atoms. The van der Waals surface area contributed by atoms with Crippen LogP contribution in [0.15, 0.2) is 42.5 Å². The molecule has 2 N–H and O–H groups in total. The highest BCUT2D eigenvalue weighted by Crippen LogP contribution is 2.40. The van der Waals surface area contributed by atoms with E-state index in [-0.39, 0.29) is 17.8 Å². The predicted octanol–water partition coefficient (Wildman–Crippen LogP) is 2.35. The molecule has 1 aliphatic rings. The second-order valence-corrected chi connectivity index (χ2v) is 4.41. The van der Waals surface area contributed by atoms with Crippen molar-refractivity contribution in [1.29, 1.82) is 0 Å². The lowest BCUT2D eigenvalue weighted by atomic mass is 10.1. The van der Waals surface area contributed by atoms with Crippen molar-refractivity contribution in [3.05, 3.63) is 59.9 Å². The maximum absolute atomic E-state index is 13.0. The van der Waals surface area contributed by atoms with E-state index in [1.165, 1.54) is 17.0 Å². The van der Waals surface area contributed by atoms with Gasteiger partial charge < -0.3 is 10.5 Å². The van der Waals surface area contributed by atoms with Crippen LogP contribution in [0.2, 0.25) is 0 Å². The van der Waals surface area contributed by atoms with Crippen LogP contribution in [0.5, 0.6) is 5.75 Å². The van der Waals surface area contributed by atoms with Gasteiger partial charge >= 0.3 is 0 Å². The summed E-state index contributed by atoms with van der Waals surface area (Å²) in [6.07, 6.45) is 0. The number of rotatable bonds is 2. The van der Waals surface area contributed by atoms with Gasteiger partial charge in [-0.3, -0.25) is 9.69 Å². The molecule has 101 valence electrons. The van der Waals surface area contributed by atoms with Crippen molar-refractivity contribution in [3.8, 4) is 5.75 Å². The van der Waals surface area contributed by atoms with Gasteiger partial charge in [0.1, 0.15) is 11.6 Å². The van der Waals surface area contributed by atoms with Gasteiger partial charge in [0.25, 0.3) is 5.91 Å². The largest absolute Gasteiger partial charge is 0.497 e. The van der Waals surface area contributed by atoms with Gasteiger partial charge in [-0.05, 0) is 42.5 Å². The van der Waals surface area contributed by atoms with E-state index in [4.69, 9.17) is 10.5 Å². The molecule has 20 heavy (non-hydrogen) atoms. The zero-order chi connectivity index (χ0) is 14.3. The van der Waals surface area contributed by atoms with Gasteiger partial charge in [0.05, 0.1) is 12.8 Å². The topological polar surface area (TPSA) is 55.6 Å². The Bertz CT molecular complexity index is 670. The van der Waals surface area contributed by atoms with Crippen molar-refractivity contribution in [2.24, 2.45) is 5.73 Å². The quantitative estimate of drug-likeness (QED) is 0.912.